The molecule has 2 heteroatoms. The van der Waals surface area contributed by atoms with Gasteiger partial charge in [0.15, 0.2) is 0 Å². The van der Waals surface area contributed by atoms with Crippen LogP contribution in [0.3, 0.4) is 0 Å². The summed E-state index contributed by atoms with van der Waals surface area (Å²) in [6.07, 6.45) is 0. The van der Waals surface area contributed by atoms with Crippen LogP contribution in [0.15, 0.2) is 253 Å². The zero-order valence-electron chi connectivity index (χ0n) is 36.0. The summed E-state index contributed by atoms with van der Waals surface area (Å²) in [4.78, 5) is 2.45. The van der Waals surface area contributed by atoms with Crippen molar-refractivity contribution in [3.63, 3.8) is 0 Å². The molecule has 1 aromatic heterocycles. The summed E-state index contributed by atoms with van der Waals surface area (Å²) in [7, 11) is 0. The number of hydrogen-bond donors (Lipinski definition) is 0. The van der Waals surface area contributed by atoms with Crippen molar-refractivity contribution in [2.75, 3.05) is 4.90 Å². The van der Waals surface area contributed by atoms with Gasteiger partial charge in [0.2, 0.25) is 0 Å². The number of benzene rings is 12. The van der Waals surface area contributed by atoms with E-state index in [-0.39, 0.29) is 0 Å². The number of hydrogen-bond acceptors (Lipinski definition) is 2. The zero-order chi connectivity index (χ0) is 43.6. The third kappa shape index (κ3) is 6.26. The van der Waals surface area contributed by atoms with Crippen LogP contribution >= 0.6 is 0 Å². The summed E-state index contributed by atoms with van der Waals surface area (Å²) < 4.78 is 6.40. The van der Waals surface area contributed by atoms with Crippen LogP contribution < -0.4 is 4.90 Å². The predicted molar refractivity (Wildman–Crippen MR) is 280 cm³/mol. The first-order valence-corrected chi connectivity index (χ1v) is 22.7. The Labute approximate surface area is 382 Å². The second kappa shape index (κ2) is 15.5. The van der Waals surface area contributed by atoms with Crippen molar-refractivity contribution in [3.8, 4) is 44.5 Å². The van der Waals surface area contributed by atoms with Crippen LogP contribution in [0.4, 0.5) is 17.1 Å². The highest BCUT2D eigenvalue weighted by molar-refractivity contribution is 6.16. The van der Waals surface area contributed by atoms with Crippen LogP contribution in [0.25, 0.3) is 110 Å². The summed E-state index contributed by atoms with van der Waals surface area (Å²) in [6, 6.07) is 90.5. The Morgan fingerprint density at radius 1 is 0.258 bits per heavy atom. The molecule has 0 radical (unpaired) electrons. The van der Waals surface area contributed by atoms with E-state index in [1.165, 1.54) is 59.8 Å². The van der Waals surface area contributed by atoms with Crippen molar-refractivity contribution >= 4 is 82.1 Å². The third-order valence-corrected chi connectivity index (χ3v) is 13.4. The van der Waals surface area contributed by atoms with Crippen molar-refractivity contribution in [1.82, 2.24) is 0 Å². The summed E-state index contributed by atoms with van der Waals surface area (Å²) in [5.41, 5.74) is 14.3. The monoisotopic (exact) mass is 839 g/mol. The Bertz CT molecular complexity index is 3990. The van der Waals surface area contributed by atoms with Gasteiger partial charge >= 0.3 is 0 Å². The van der Waals surface area contributed by atoms with Gasteiger partial charge in [-0.2, -0.15) is 0 Å². The van der Waals surface area contributed by atoms with E-state index < -0.39 is 0 Å². The van der Waals surface area contributed by atoms with Crippen LogP contribution in [0.1, 0.15) is 0 Å². The zero-order valence-corrected chi connectivity index (χ0v) is 36.0. The number of nitrogens with zero attached hydrogens (tertiary/aromatic N) is 1. The summed E-state index contributed by atoms with van der Waals surface area (Å²) in [5.74, 6) is 0. The fourth-order valence-electron chi connectivity index (χ4n) is 10.4. The highest BCUT2D eigenvalue weighted by Gasteiger charge is 2.22. The number of fused-ring (bicyclic) bond motifs is 9. The first-order chi connectivity index (χ1) is 32.7. The Hall–Kier alpha value is -8.72. The topological polar surface area (TPSA) is 16.4 Å². The maximum Gasteiger partial charge on any atom is 0.136 e. The molecular weight excluding hydrogens is 799 g/mol. The first kappa shape index (κ1) is 37.8. The van der Waals surface area contributed by atoms with Crippen molar-refractivity contribution < 1.29 is 4.42 Å². The number of para-hydroxylation sites is 1. The number of furan rings is 1. The summed E-state index contributed by atoms with van der Waals surface area (Å²) >= 11 is 0. The van der Waals surface area contributed by atoms with Gasteiger partial charge in [0, 0.05) is 27.7 Å². The molecule has 0 atom stereocenters. The van der Waals surface area contributed by atoms with Crippen LogP contribution in [0, 0.1) is 0 Å². The molecule has 0 aliphatic carbocycles. The number of rotatable bonds is 7. The molecule has 13 rings (SSSR count). The largest absolute Gasteiger partial charge is 0.456 e. The first-order valence-electron chi connectivity index (χ1n) is 22.7. The standard InChI is InChI=1S/C64H41NO/c1-2-16-42(17-3-1)52-37-34-47(60-40-46-19-5-7-23-51(46)55-25-9-11-27-57(55)60)41-61(52)65(49-21-14-20-44(38-49)53-29-15-31-63-64(53)58-28-12-13-30-62(58)66-63)48-35-32-43(33-36-48)59-39-45-18-4-6-22-50(45)54-24-8-10-26-56(54)59/h1-41H. The molecule has 0 saturated heterocycles. The summed E-state index contributed by atoms with van der Waals surface area (Å²) in [5, 5.41) is 12.2. The fraction of sp³-hybridized carbons (Fsp3) is 0. The molecular formula is C64H41NO. The minimum absolute atomic E-state index is 0.884. The van der Waals surface area contributed by atoms with Crippen molar-refractivity contribution in [2.24, 2.45) is 0 Å². The highest BCUT2D eigenvalue weighted by atomic mass is 16.3. The molecule has 0 bridgehead atoms. The molecule has 0 saturated carbocycles. The lowest BCUT2D eigenvalue weighted by molar-refractivity contribution is 0.669. The molecule has 0 amide bonds. The molecule has 2 nitrogen and oxygen atoms in total. The van der Waals surface area contributed by atoms with E-state index in [0.717, 1.165) is 66.8 Å². The average Bonchev–Trinajstić information content (AvgIpc) is 3.78. The molecule has 0 N–H and O–H groups in total. The predicted octanol–water partition coefficient (Wildman–Crippen LogP) is 18.3. The van der Waals surface area contributed by atoms with Gasteiger partial charge in [-0.05, 0) is 137 Å². The van der Waals surface area contributed by atoms with Gasteiger partial charge in [-0.15, -0.1) is 0 Å². The molecule has 0 aliphatic heterocycles. The van der Waals surface area contributed by atoms with E-state index in [9.17, 15) is 0 Å². The molecule has 0 aliphatic rings. The number of anilines is 3. The molecule has 1 heterocycles. The second-order valence-electron chi connectivity index (χ2n) is 17.2. The maximum atomic E-state index is 6.40. The maximum absolute atomic E-state index is 6.40. The van der Waals surface area contributed by atoms with Crippen molar-refractivity contribution in [2.45, 2.75) is 0 Å². The second-order valence-corrected chi connectivity index (χ2v) is 17.2. The van der Waals surface area contributed by atoms with Gasteiger partial charge in [-0.25, -0.2) is 0 Å². The van der Waals surface area contributed by atoms with E-state index in [0.29, 0.717) is 0 Å². The fourth-order valence-corrected chi connectivity index (χ4v) is 10.4. The van der Waals surface area contributed by atoms with Gasteiger partial charge in [0.25, 0.3) is 0 Å². The minimum atomic E-state index is 0.884. The molecule has 308 valence electrons. The van der Waals surface area contributed by atoms with E-state index in [1.807, 2.05) is 6.07 Å². The third-order valence-electron chi connectivity index (χ3n) is 13.4. The SMILES string of the molecule is c1ccc(-c2ccc(-c3cc4ccccc4c4ccccc34)cc2N(c2ccc(-c3cc4ccccc4c4ccccc34)cc2)c2cccc(-c3cccc4oc5ccccc5c34)c2)cc1. The van der Waals surface area contributed by atoms with Gasteiger partial charge in [0.1, 0.15) is 11.2 Å². The molecule has 13 aromatic rings. The van der Waals surface area contributed by atoms with Gasteiger partial charge < -0.3 is 9.32 Å². The van der Waals surface area contributed by atoms with E-state index in [4.69, 9.17) is 4.42 Å². The van der Waals surface area contributed by atoms with Crippen LogP contribution in [-0.4, -0.2) is 0 Å². The Kier molecular flexibility index (Phi) is 8.89. The van der Waals surface area contributed by atoms with E-state index in [2.05, 4.69) is 248 Å². The van der Waals surface area contributed by atoms with Gasteiger partial charge in [-0.3, -0.25) is 0 Å². The minimum Gasteiger partial charge on any atom is -0.456 e. The van der Waals surface area contributed by atoms with Gasteiger partial charge in [-0.1, -0.05) is 194 Å². The van der Waals surface area contributed by atoms with E-state index >= 15 is 0 Å². The summed E-state index contributed by atoms with van der Waals surface area (Å²) in [6.45, 7) is 0. The Morgan fingerprint density at radius 3 is 1.45 bits per heavy atom. The molecule has 12 aromatic carbocycles. The Balaban J connectivity index is 1.05. The van der Waals surface area contributed by atoms with Crippen LogP contribution in [0.5, 0.6) is 0 Å². The van der Waals surface area contributed by atoms with E-state index in [1.54, 1.807) is 0 Å². The quantitative estimate of drug-likeness (QED) is 0.149. The molecule has 0 spiro atoms. The average molecular weight is 840 g/mol. The lowest BCUT2D eigenvalue weighted by atomic mass is 9.91. The van der Waals surface area contributed by atoms with Crippen LogP contribution in [0.2, 0.25) is 0 Å². The smallest absolute Gasteiger partial charge is 0.136 e. The van der Waals surface area contributed by atoms with Crippen molar-refractivity contribution in [1.29, 1.82) is 0 Å². The van der Waals surface area contributed by atoms with Crippen LogP contribution in [-0.2, 0) is 0 Å². The lowest BCUT2D eigenvalue weighted by Gasteiger charge is -2.29. The molecule has 0 fully saturated rings. The molecule has 66 heavy (non-hydrogen) atoms. The van der Waals surface area contributed by atoms with Gasteiger partial charge in [0.05, 0.1) is 5.69 Å². The normalized spacial score (nSPS) is 11.6. The van der Waals surface area contributed by atoms with Crippen molar-refractivity contribution in [3.05, 3.63) is 249 Å². The Morgan fingerprint density at radius 2 is 0.758 bits per heavy atom. The lowest BCUT2D eigenvalue weighted by Crippen LogP contribution is -2.11. The molecule has 0 unspecified atom stereocenters. The highest BCUT2D eigenvalue weighted by Crippen LogP contribution is 2.47.